The molecule has 3 fully saturated rings. The summed E-state index contributed by atoms with van der Waals surface area (Å²) in [6, 6.07) is 4.17. The number of fused-ring (bicyclic) bond motifs is 1. The van der Waals surface area contributed by atoms with Crippen LogP contribution >= 0.6 is 0 Å². The van der Waals surface area contributed by atoms with Crippen LogP contribution in [0.2, 0.25) is 0 Å². The van der Waals surface area contributed by atoms with Crippen molar-refractivity contribution in [1.82, 2.24) is 9.71 Å². The number of aryl methyl sites for hydroxylation is 1. The fraction of sp³-hybridized carbons (Fsp3) is 0.722. The molecule has 1 aromatic rings. The van der Waals surface area contributed by atoms with Crippen LogP contribution in [0.15, 0.2) is 18.3 Å². The normalized spacial score (nSPS) is 33.8. The molecule has 3 saturated heterocycles. The van der Waals surface area contributed by atoms with Crippen molar-refractivity contribution in [3.63, 3.8) is 0 Å². The van der Waals surface area contributed by atoms with Gasteiger partial charge in [-0.1, -0.05) is 6.92 Å². The number of rotatable bonds is 6. The molecule has 0 saturated carbocycles. The summed E-state index contributed by atoms with van der Waals surface area (Å²) in [5.74, 6) is 0.862. The average molecular weight is 365 g/mol. The van der Waals surface area contributed by atoms with Gasteiger partial charge in [-0.3, -0.25) is 4.98 Å². The van der Waals surface area contributed by atoms with Gasteiger partial charge in [-0.25, -0.2) is 13.1 Å². The monoisotopic (exact) mass is 365 g/mol. The summed E-state index contributed by atoms with van der Waals surface area (Å²) in [5.41, 5.74) is 2.11. The minimum atomic E-state index is -3.17. The van der Waals surface area contributed by atoms with Gasteiger partial charge in [-0.05, 0) is 38.3 Å². The fourth-order valence-electron chi connectivity index (χ4n) is 4.95. The number of hydrogen-bond donors (Lipinski definition) is 1. The smallest absolute Gasteiger partial charge is 0.211 e. The molecule has 2 bridgehead atoms. The number of aromatic nitrogens is 1. The van der Waals surface area contributed by atoms with Crippen molar-refractivity contribution in [1.29, 1.82) is 0 Å². The predicted octanol–water partition coefficient (Wildman–Crippen LogP) is 1.70. The van der Waals surface area contributed by atoms with Gasteiger partial charge in [0.2, 0.25) is 10.0 Å². The Labute approximate surface area is 150 Å². The summed E-state index contributed by atoms with van der Waals surface area (Å²) in [4.78, 5) is 6.67. The quantitative estimate of drug-likeness (QED) is 0.831. The van der Waals surface area contributed by atoms with Gasteiger partial charge in [0.05, 0.1) is 17.5 Å². The molecule has 1 spiro atoms. The first kappa shape index (κ1) is 17.2. The van der Waals surface area contributed by atoms with E-state index in [4.69, 9.17) is 4.74 Å². The Morgan fingerprint density at radius 2 is 2.32 bits per heavy atom. The Hall–Kier alpha value is -1.18. The maximum atomic E-state index is 12.0. The molecule has 1 N–H and O–H groups in total. The molecule has 0 aliphatic carbocycles. The molecule has 0 amide bonds. The van der Waals surface area contributed by atoms with E-state index in [1.807, 2.05) is 20.0 Å². The Kier molecular flexibility index (Phi) is 4.29. The van der Waals surface area contributed by atoms with Gasteiger partial charge in [-0.2, -0.15) is 0 Å². The van der Waals surface area contributed by atoms with Gasteiger partial charge in [0.25, 0.3) is 0 Å². The summed E-state index contributed by atoms with van der Waals surface area (Å²) < 4.78 is 33.3. The third-order valence-corrected chi connectivity index (χ3v) is 7.59. The van der Waals surface area contributed by atoms with Crippen LogP contribution in [0.25, 0.3) is 0 Å². The van der Waals surface area contributed by atoms with Crippen molar-refractivity contribution < 1.29 is 13.2 Å². The number of sulfonamides is 1. The van der Waals surface area contributed by atoms with Crippen LogP contribution in [0.5, 0.6) is 0 Å². The van der Waals surface area contributed by atoms with Crippen molar-refractivity contribution in [2.24, 2.45) is 11.8 Å². The lowest BCUT2D eigenvalue weighted by Crippen LogP contribution is -2.42. The molecule has 4 rings (SSSR count). The van der Waals surface area contributed by atoms with E-state index in [9.17, 15) is 8.42 Å². The third-order valence-electron chi connectivity index (χ3n) is 6.04. The van der Waals surface area contributed by atoms with Crippen LogP contribution in [0.1, 0.15) is 31.9 Å². The van der Waals surface area contributed by atoms with Crippen LogP contribution < -0.4 is 9.62 Å². The average Bonchev–Trinajstić information content (AvgIpc) is 3.21. The SMILES string of the molecule is CCCS(=O)(=O)NC[C@H]1[C@H]2CN(c3ccnc(C)c3)C[C@]23CC[C@H]1O3. The molecule has 6 nitrogen and oxygen atoms in total. The van der Waals surface area contributed by atoms with Crippen LogP contribution in [0.3, 0.4) is 0 Å². The van der Waals surface area contributed by atoms with Gasteiger partial charge in [-0.15, -0.1) is 0 Å². The molecule has 3 aliphatic heterocycles. The van der Waals surface area contributed by atoms with E-state index in [0.717, 1.165) is 31.6 Å². The maximum Gasteiger partial charge on any atom is 0.211 e. The second-order valence-corrected chi connectivity index (χ2v) is 9.66. The first-order valence-electron chi connectivity index (χ1n) is 9.25. The van der Waals surface area contributed by atoms with Crippen LogP contribution in [-0.4, -0.2) is 50.5 Å². The number of nitrogens with one attached hydrogen (secondary N) is 1. The van der Waals surface area contributed by atoms with Gasteiger partial charge in [0.1, 0.15) is 0 Å². The van der Waals surface area contributed by atoms with Gasteiger partial charge >= 0.3 is 0 Å². The van der Waals surface area contributed by atoms with Crippen molar-refractivity contribution >= 4 is 15.7 Å². The maximum absolute atomic E-state index is 12.0. The molecule has 0 unspecified atom stereocenters. The second-order valence-electron chi connectivity index (χ2n) is 7.73. The van der Waals surface area contributed by atoms with E-state index in [2.05, 4.69) is 26.7 Å². The molecule has 4 heterocycles. The highest BCUT2D eigenvalue weighted by Gasteiger charge is 2.62. The summed E-state index contributed by atoms with van der Waals surface area (Å²) >= 11 is 0. The predicted molar refractivity (Wildman–Crippen MR) is 97.1 cm³/mol. The number of pyridine rings is 1. The lowest BCUT2D eigenvalue weighted by atomic mass is 9.74. The summed E-state index contributed by atoms with van der Waals surface area (Å²) in [6.45, 7) is 6.23. The van der Waals surface area contributed by atoms with E-state index in [0.29, 0.717) is 18.9 Å². The molecular weight excluding hydrogens is 338 g/mol. The summed E-state index contributed by atoms with van der Waals surface area (Å²) in [6.07, 6.45) is 4.82. The van der Waals surface area contributed by atoms with Crippen molar-refractivity contribution in [2.75, 3.05) is 30.3 Å². The van der Waals surface area contributed by atoms with E-state index < -0.39 is 10.0 Å². The number of hydrogen-bond acceptors (Lipinski definition) is 5. The standard InChI is InChI=1S/C18H27N3O3S/c1-3-8-25(22,23)20-10-15-16-11-21(14-5-7-19-13(2)9-14)12-18(16)6-4-17(15)24-18/h5,7,9,15-17,20H,3-4,6,8,10-12H2,1-2H3/t15-,16+,17+,18+/m0/s1. The van der Waals surface area contributed by atoms with Gasteiger partial charge in [0.15, 0.2) is 0 Å². The van der Waals surface area contributed by atoms with Crippen molar-refractivity contribution in [3.05, 3.63) is 24.0 Å². The third kappa shape index (κ3) is 3.06. The van der Waals surface area contributed by atoms with Crippen LogP contribution in [0.4, 0.5) is 5.69 Å². The largest absolute Gasteiger partial charge is 0.369 e. The Morgan fingerprint density at radius 1 is 1.48 bits per heavy atom. The second kappa shape index (κ2) is 6.21. The number of ether oxygens (including phenoxy) is 1. The zero-order chi connectivity index (χ0) is 17.7. The zero-order valence-corrected chi connectivity index (χ0v) is 15.8. The Bertz CT molecular complexity index is 754. The van der Waals surface area contributed by atoms with Crippen molar-refractivity contribution in [2.45, 2.75) is 44.8 Å². The van der Waals surface area contributed by atoms with E-state index in [1.165, 1.54) is 5.69 Å². The Balaban J connectivity index is 1.49. The molecule has 1 aromatic heterocycles. The lowest BCUT2D eigenvalue weighted by molar-refractivity contribution is 0.0142. The fourth-order valence-corrected chi connectivity index (χ4v) is 6.08. The minimum absolute atomic E-state index is 0.0945. The van der Waals surface area contributed by atoms with E-state index in [1.54, 1.807) is 0 Å². The number of nitrogens with zero attached hydrogens (tertiary/aromatic N) is 2. The van der Waals surface area contributed by atoms with Crippen LogP contribution in [0, 0.1) is 18.8 Å². The first-order chi connectivity index (χ1) is 11.9. The molecule has 0 aromatic carbocycles. The molecular formula is C18H27N3O3S. The highest BCUT2D eigenvalue weighted by molar-refractivity contribution is 7.89. The highest BCUT2D eigenvalue weighted by atomic mass is 32.2. The van der Waals surface area contributed by atoms with E-state index in [-0.39, 0.29) is 23.4 Å². The molecule has 138 valence electrons. The summed E-state index contributed by atoms with van der Waals surface area (Å²) in [5, 5.41) is 0. The van der Waals surface area contributed by atoms with Crippen molar-refractivity contribution in [3.8, 4) is 0 Å². The lowest BCUT2D eigenvalue weighted by Gasteiger charge is -2.29. The zero-order valence-electron chi connectivity index (χ0n) is 14.9. The summed E-state index contributed by atoms with van der Waals surface area (Å²) in [7, 11) is -3.17. The molecule has 3 aliphatic rings. The van der Waals surface area contributed by atoms with E-state index >= 15 is 0 Å². The first-order valence-corrected chi connectivity index (χ1v) is 10.9. The molecule has 7 heteroatoms. The molecule has 4 atom stereocenters. The topological polar surface area (TPSA) is 71.5 Å². The van der Waals surface area contributed by atoms with Gasteiger partial charge in [0, 0.05) is 49.0 Å². The molecule has 0 radical (unpaired) electrons. The molecule has 25 heavy (non-hydrogen) atoms. The highest BCUT2D eigenvalue weighted by Crippen LogP contribution is 2.55. The number of anilines is 1. The Morgan fingerprint density at radius 3 is 3.08 bits per heavy atom. The van der Waals surface area contributed by atoms with Crippen LogP contribution in [-0.2, 0) is 14.8 Å². The van der Waals surface area contributed by atoms with Gasteiger partial charge < -0.3 is 9.64 Å². The minimum Gasteiger partial charge on any atom is -0.369 e.